The topological polar surface area (TPSA) is 70.8 Å². The number of hydrogen-bond donors (Lipinski definition) is 2. The van der Waals surface area contributed by atoms with Gasteiger partial charge in [-0.2, -0.15) is 0 Å². The summed E-state index contributed by atoms with van der Waals surface area (Å²) in [6.07, 6.45) is 3.66. The molecule has 0 aliphatic carbocycles. The summed E-state index contributed by atoms with van der Waals surface area (Å²) in [5.41, 5.74) is 9.33. The molecule has 6 nitrogen and oxygen atoms in total. The Labute approximate surface area is 189 Å². The third kappa shape index (κ3) is 5.33. The zero-order valence-electron chi connectivity index (χ0n) is 18.8. The second kappa shape index (κ2) is 10.2. The summed E-state index contributed by atoms with van der Waals surface area (Å²) in [4.78, 5) is 17.1. The van der Waals surface area contributed by atoms with E-state index >= 15 is 0 Å². The van der Waals surface area contributed by atoms with Crippen LogP contribution in [0.5, 0.6) is 5.75 Å². The fourth-order valence-electron chi connectivity index (χ4n) is 4.75. The van der Waals surface area contributed by atoms with Crippen LogP contribution in [-0.4, -0.2) is 50.6 Å². The molecule has 0 aromatic heterocycles. The molecule has 0 bridgehead atoms. The van der Waals surface area contributed by atoms with Crippen LogP contribution >= 0.6 is 0 Å². The van der Waals surface area contributed by atoms with E-state index < -0.39 is 0 Å². The number of hydrogen-bond acceptors (Lipinski definition) is 5. The number of anilines is 2. The van der Waals surface area contributed by atoms with Gasteiger partial charge >= 0.3 is 0 Å². The molecule has 172 valence electrons. The van der Waals surface area contributed by atoms with Gasteiger partial charge in [0.25, 0.3) is 0 Å². The van der Waals surface area contributed by atoms with Crippen LogP contribution in [0.2, 0.25) is 0 Å². The summed E-state index contributed by atoms with van der Waals surface area (Å²) in [5.74, 6) is 0.548. The highest BCUT2D eigenvalue weighted by molar-refractivity contribution is 5.79. The first kappa shape index (κ1) is 22.4. The Kier molecular flexibility index (Phi) is 7.15. The number of piperidine rings is 1. The molecule has 2 aromatic carbocycles. The van der Waals surface area contributed by atoms with Gasteiger partial charge in [0.2, 0.25) is 5.91 Å². The highest BCUT2D eigenvalue weighted by Gasteiger charge is 2.27. The highest BCUT2D eigenvalue weighted by atomic mass is 19.1. The van der Waals surface area contributed by atoms with Gasteiger partial charge in [-0.25, -0.2) is 4.39 Å². The standard InChI is InChI=1S/C25H33FN4O2/c1-32-22-7-5-19-16-29(13-9-18(19)14-22)11-3-10-28-25(31)20-4-2-12-30(17-20)24-8-6-21(27)15-23(24)26/h5-8,14-15,20H,2-4,9-13,16-17,27H2,1H3,(H,28,31). The number of carbonyl (C=O) groups is 1. The van der Waals surface area contributed by atoms with Crippen LogP contribution in [0.4, 0.5) is 15.8 Å². The summed E-state index contributed by atoms with van der Waals surface area (Å²) < 4.78 is 19.6. The minimum absolute atomic E-state index is 0.0710. The maximum atomic E-state index is 14.3. The number of methoxy groups -OCH3 is 1. The molecule has 1 atom stereocenters. The Morgan fingerprint density at radius 2 is 2.09 bits per heavy atom. The van der Waals surface area contributed by atoms with E-state index in [1.807, 2.05) is 11.0 Å². The normalized spacial score (nSPS) is 18.8. The molecular formula is C25H33FN4O2. The van der Waals surface area contributed by atoms with Crippen LogP contribution in [0.3, 0.4) is 0 Å². The number of nitrogens with one attached hydrogen (secondary N) is 1. The molecule has 1 fully saturated rings. The van der Waals surface area contributed by atoms with Crippen molar-refractivity contribution in [1.29, 1.82) is 0 Å². The zero-order valence-corrected chi connectivity index (χ0v) is 18.8. The van der Waals surface area contributed by atoms with E-state index in [9.17, 15) is 9.18 Å². The average Bonchev–Trinajstić information content (AvgIpc) is 2.81. The summed E-state index contributed by atoms with van der Waals surface area (Å²) in [7, 11) is 1.70. The van der Waals surface area contributed by atoms with Crippen molar-refractivity contribution in [2.24, 2.45) is 5.92 Å². The van der Waals surface area contributed by atoms with E-state index in [-0.39, 0.29) is 17.6 Å². The molecule has 3 N–H and O–H groups in total. The van der Waals surface area contributed by atoms with Crippen molar-refractivity contribution >= 4 is 17.3 Å². The first-order chi connectivity index (χ1) is 15.5. The molecule has 4 rings (SSSR count). The van der Waals surface area contributed by atoms with Crippen LogP contribution < -0.4 is 20.7 Å². The second-order valence-corrected chi connectivity index (χ2v) is 8.80. The van der Waals surface area contributed by atoms with Crippen LogP contribution in [0, 0.1) is 11.7 Å². The van der Waals surface area contributed by atoms with Gasteiger partial charge in [0.05, 0.1) is 18.7 Å². The first-order valence-electron chi connectivity index (χ1n) is 11.5. The van der Waals surface area contributed by atoms with Crippen molar-refractivity contribution in [2.75, 3.05) is 50.5 Å². The molecule has 2 aliphatic heterocycles. The van der Waals surface area contributed by atoms with Crippen molar-refractivity contribution in [3.8, 4) is 5.75 Å². The van der Waals surface area contributed by atoms with Gasteiger partial charge in [-0.05, 0) is 67.1 Å². The third-order valence-electron chi connectivity index (χ3n) is 6.56. The van der Waals surface area contributed by atoms with Crippen LogP contribution in [0.1, 0.15) is 30.4 Å². The van der Waals surface area contributed by atoms with Gasteiger partial charge in [0.15, 0.2) is 0 Å². The molecule has 7 heteroatoms. The van der Waals surface area contributed by atoms with Crippen molar-refractivity contribution in [1.82, 2.24) is 10.2 Å². The highest BCUT2D eigenvalue weighted by Crippen LogP contribution is 2.27. The number of nitrogen functional groups attached to an aromatic ring is 1. The van der Waals surface area contributed by atoms with E-state index in [0.717, 1.165) is 57.6 Å². The SMILES string of the molecule is COc1ccc2c(c1)CCN(CCCNC(=O)C1CCCN(c3ccc(N)cc3F)C1)C2. The van der Waals surface area contributed by atoms with Crippen molar-refractivity contribution < 1.29 is 13.9 Å². The van der Waals surface area contributed by atoms with Crippen molar-refractivity contribution in [3.63, 3.8) is 0 Å². The van der Waals surface area contributed by atoms with Crippen LogP contribution in [-0.2, 0) is 17.8 Å². The monoisotopic (exact) mass is 440 g/mol. The zero-order chi connectivity index (χ0) is 22.5. The quantitative estimate of drug-likeness (QED) is 0.511. The van der Waals surface area contributed by atoms with E-state index in [4.69, 9.17) is 10.5 Å². The number of amides is 1. The molecule has 0 radical (unpaired) electrons. The lowest BCUT2D eigenvalue weighted by Crippen LogP contribution is -2.44. The summed E-state index contributed by atoms with van der Waals surface area (Å²) >= 11 is 0. The Balaban J connectivity index is 1.21. The Bertz CT molecular complexity index is 952. The van der Waals surface area contributed by atoms with Crippen molar-refractivity contribution in [2.45, 2.75) is 32.2 Å². The maximum absolute atomic E-state index is 14.3. The number of carbonyl (C=O) groups excluding carboxylic acids is 1. The molecule has 2 aliphatic rings. The Hall–Kier alpha value is -2.80. The first-order valence-corrected chi connectivity index (χ1v) is 11.5. The molecule has 1 amide bonds. The summed E-state index contributed by atoms with van der Waals surface area (Å²) in [6.45, 7) is 4.89. The number of halogens is 1. The van der Waals surface area contributed by atoms with Gasteiger partial charge in [-0.1, -0.05) is 6.07 Å². The molecule has 0 spiro atoms. The van der Waals surface area contributed by atoms with E-state index in [1.165, 1.54) is 17.2 Å². The number of rotatable bonds is 7. The number of nitrogens with zero attached hydrogens (tertiary/aromatic N) is 2. The number of ether oxygens (including phenoxy) is 1. The predicted molar refractivity (Wildman–Crippen MR) is 125 cm³/mol. The summed E-state index contributed by atoms with van der Waals surface area (Å²) in [5, 5.41) is 3.10. The predicted octanol–water partition coefficient (Wildman–Crippen LogP) is 3.20. The molecule has 0 saturated carbocycles. The second-order valence-electron chi connectivity index (χ2n) is 8.80. The largest absolute Gasteiger partial charge is 0.497 e. The smallest absolute Gasteiger partial charge is 0.224 e. The van der Waals surface area contributed by atoms with Gasteiger partial charge in [0.1, 0.15) is 11.6 Å². The Morgan fingerprint density at radius 1 is 1.22 bits per heavy atom. The lowest BCUT2D eigenvalue weighted by Gasteiger charge is -2.34. The molecule has 32 heavy (non-hydrogen) atoms. The van der Waals surface area contributed by atoms with Gasteiger partial charge in [-0.3, -0.25) is 9.69 Å². The van der Waals surface area contributed by atoms with Gasteiger partial charge in [0, 0.05) is 45.0 Å². The number of nitrogens with two attached hydrogens (primary N) is 1. The number of fused-ring (bicyclic) bond motifs is 1. The molecule has 1 unspecified atom stereocenters. The van der Waals surface area contributed by atoms with Gasteiger partial charge in [-0.15, -0.1) is 0 Å². The molecule has 1 saturated heterocycles. The lowest BCUT2D eigenvalue weighted by molar-refractivity contribution is -0.125. The average molecular weight is 441 g/mol. The van der Waals surface area contributed by atoms with Crippen LogP contribution in [0.15, 0.2) is 36.4 Å². The molecule has 2 heterocycles. The fourth-order valence-corrected chi connectivity index (χ4v) is 4.75. The lowest BCUT2D eigenvalue weighted by atomic mass is 9.96. The Morgan fingerprint density at radius 3 is 2.91 bits per heavy atom. The van der Waals surface area contributed by atoms with Crippen LogP contribution in [0.25, 0.3) is 0 Å². The summed E-state index contributed by atoms with van der Waals surface area (Å²) in [6, 6.07) is 11.1. The van der Waals surface area contributed by atoms with Gasteiger partial charge < -0.3 is 20.7 Å². The maximum Gasteiger partial charge on any atom is 0.224 e. The van der Waals surface area contributed by atoms with E-state index in [2.05, 4.69) is 22.3 Å². The minimum atomic E-state index is -0.326. The number of benzene rings is 2. The van der Waals surface area contributed by atoms with E-state index in [0.29, 0.717) is 24.5 Å². The third-order valence-corrected chi connectivity index (χ3v) is 6.56. The molecule has 2 aromatic rings. The van der Waals surface area contributed by atoms with Crippen molar-refractivity contribution in [3.05, 3.63) is 53.3 Å². The fraction of sp³-hybridized carbons (Fsp3) is 0.480. The molecular weight excluding hydrogens is 407 g/mol. The van der Waals surface area contributed by atoms with E-state index in [1.54, 1.807) is 19.2 Å². The minimum Gasteiger partial charge on any atom is -0.497 e.